The number of nitrogens with zero attached hydrogens (tertiary/aromatic N) is 4. The number of hydrogen-bond acceptors (Lipinski definition) is 5. The van der Waals surface area contributed by atoms with Crippen LogP contribution < -0.4 is 0 Å². The van der Waals surface area contributed by atoms with E-state index in [2.05, 4.69) is 15.1 Å². The average Bonchev–Trinajstić information content (AvgIpc) is 3.38. The van der Waals surface area contributed by atoms with Crippen LogP contribution in [-0.4, -0.2) is 39.0 Å². The Kier molecular flexibility index (Phi) is 4.04. The van der Waals surface area contributed by atoms with Gasteiger partial charge in [0.1, 0.15) is 5.92 Å². The highest BCUT2D eigenvalue weighted by atomic mass is 16.5. The molecular formula is C18H22N4O2. The average molecular weight is 326 g/mol. The van der Waals surface area contributed by atoms with Crippen LogP contribution in [0.1, 0.15) is 62.4 Å². The second-order valence-electron chi connectivity index (χ2n) is 6.81. The molecule has 4 rings (SSSR count). The molecule has 1 aliphatic heterocycles. The van der Waals surface area contributed by atoms with Crippen molar-refractivity contribution in [3.8, 4) is 11.4 Å². The van der Waals surface area contributed by atoms with E-state index in [1.54, 1.807) is 6.20 Å². The monoisotopic (exact) mass is 326 g/mol. The summed E-state index contributed by atoms with van der Waals surface area (Å²) in [5, 5.41) is 4.07. The Bertz CT molecular complexity index is 732. The molecule has 0 radical (unpaired) electrons. The first-order valence-electron chi connectivity index (χ1n) is 8.81. The van der Waals surface area contributed by atoms with Gasteiger partial charge in [-0.15, -0.1) is 0 Å². The lowest BCUT2D eigenvalue weighted by atomic mass is 10.1. The summed E-state index contributed by atoms with van der Waals surface area (Å²) < 4.78 is 5.38. The lowest BCUT2D eigenvalue weighted by Crippen LogP contribution is -2.38. The van der Waals surface area contributed by atoms with E-state index in [0.29, 0.717) is 17.6 Å². The van der Waals surface area contributed by atoms with Gasteiger partial charge in [0.25, 0.3) is 0 Å². The number of hydrogen-bond donors (Lipinski definition) is 0. The highest BCUT2D eigenvalue weighted by Crippen LogP contribution is 2.39. The summed E-state index contributed by atoms with van der Waals surface area (Å²) >= 11 is 0. The zero-order valence-corrected chi connectivity index (χ0v) is 13.9. The molecular weight excluding hydrogens is 304 g/mol. The third-order valence-electron chi connectivity index (χ3n) is 4.89. The third kappa shape index (κ3) is 3.05. The maximum atomic E-state index is 12.6. The van der Waals surface area contributed by atoms with Gasteiger partial charge in [-0.2, -0.15) is 4.98 Å². The van der Waals surface area contributed by atoms with Crippen molar-refractivity contribution in [2.75, 3.05) is 13.1 Å². The van der Waals surface area contributed by atoms with Crippen molar-refractivity contribution in [2.24, 2.45) is 0 Å². The minimum absolute atomic E-state index is 0.0818. The summed E-state index contributed by atoms with van der Waals surface area (Å²) in [6, 6.07) is 3.92. The van der Waals surface area contributed by atoms with Gasteiger partial charge in [0.2, 0.25) is 17.6 Å². The molecule has 126 valence electrons. The molecule has 2 fully saturated rings. The molecule has 1 saturated heterocycles. The molecule has 1 saturated carbocycles. The van der Waals surface area contributed by atoms with Crippen LogP contribution in [-0.2, 0) is 4.79 Å². The van der Waals surface area contributed by atoms with Crippen molar-refractivity contribution in [1.82, 2.24) is 20.0 Å². The standard InChI is InChI=1S/C18H22N4O2/c1-12(18(23)22-9-3-2-4-10-22)17-20-16(21-24-17)14-7-8-19-15(11-14)13-5-6-13/h7-8,11-13H,2-6,9-10H2,1H3/t12-/m1/s1. The van der Waals surface area contributed by atoms with Crippen LogP contribution in [0.25, 0.3) is 11.4 Å². The summed E-state index contributed by atoms with van der Waals surface area (Å²) in [4.78, 5) is 23.4. The van der Waals surface area contributed by atoms with Gasteiger partial charge in [-0.1, -0.05) is 5.16 Å². The Labute approximate surface area is 141 Å². The smallest absolute Gasteiger partial charge is 0.239 e. The number of pyridine rings is 1. The first-order valence-corrected chi connectivity index (χ1v) is 8.81. The summed E-state index contributed by atoms with van der Waals surface area (Å²) in [5.41, 5.74) is 2.00. The Morgan fingerprint density at radius 3 is 2.83 bits per heavy atom. The number of likely N-dealkylation sites (tertiary alicyclic amines) is 1. The molecule has 2 aromatic rings. The number of piperidine rings is 1. The van der Waals surface area contributed by atoms with E-state index in [1.165, 1.54) is 19.3 Å². The summed E-state index contributed by atoms with van der Waals surface area (Å²) in [5.74, 6) is 1.20. The predicted molar refractivity (Wildman–Crippen MR) is 88.4 cm³/mol. The Balaban J connectivity index is 1.51. The molecule has 2 aromatic heterocycles. The third-order valence-corrected chi connectivity index (χ3v) is 4.89. The van der Waals surface area contributed by atoms with E-state index < -0.39 is 5.92 Å². The summed E-state index contributed by atoms with van der Waals surface area (Å²) in [6.07, 6.45) is 7.56. The van der Waals surface area contributed by atoms with E-state index in [-0.39, 0.29) is 5.91 Å². The highest BCUT2D eigenvalue weighted by Gasteiger charge is 2.28. The van der Waals surface area contributed by atoms with E-state index in [0.717, 1.165) is 37.2 Å². The summed E-state index contributed by atoms with van der Waals surface area (Å²) in [6.45, 7) is 3.51. The van der Waals surface area contributed by atoms with Gasteiger partial charge in [0, 0.05) is 36.5 Å². The Morgan fingerprint density at radius 2 is 2.08 bits per heavy atom. The van der Waals surface area contributed by atoms with Crippen molar-refractivity contribution in [3.63, 3.8) is 0 Å². The topological polar surface area (TPSA) is 72.1 Å². The molecule has 1 amide bonds. The van der Waals surface area contributed by atoms with Crippen LogP contribution in [0.2, 0.25) is 0 Å². The first-order chi connectivity index (χ1) is 11.7. The second-order valence-corrected chi connectivity index (χ2v) is 6.81. The van der Waals surface area contributed by atoms with Gasteiger partial charge >= 0.3 is 0 Å². The molecule has 0 bridgehead atoms. The van der Waals surface area contributed by atoms with Crippen LogP contribution in [0.15, 0.2) is 22.9 Å². The zero-order valence-electron chi connectivity index (χ0n) is 13.9. The zero-order chi connectivity index (χ0) is 16.5. The SMILES string of the molecule is C[C@@H](C(=O)N1CCCCC1)c1nc(-c2ccnc(C3CC3)c2)no1. The number of rotatable bonds is 4. The maximum absolute atomic E-state index is 12.6. The van der Waals surface area contributed by atoms with Crippen LogP contribution in [0.3, 0.4) is 0 Å². The highest BCUT2D eigenvalue weighted by molar-refractivity contribution is 5.82. The van der Waals surface area contributed by atoms with Gasteiger partial charge in [-0.05, 0) is 51.2 Å². The van der Waals surface area contributed by atoms with Crippen LogP contribution in [0.5, 0.6) is 0 Å². The molecule has 6 heteroatoms. The van der Waals surface area contributed by atoms with E-state index in [9.17, 15) is 4.79 Å². The molecule has 0 N–H and O–H groups in total. The van der Waals surface area contributed by atoms with Gasteiger partial charge < -0.3 is 9.42 Å². The Morgan fingerprint density at radius 1 is 1.29 bits per heavy atom. The molecule has 0 spiro atoms. The molecule has 6 nitrogen and oxygen atoms in total. The predicted octanol–water partition coefficient (Wildman–Crippen LogP) is 3.13. The second kappa shape index (κ2) is 6.34. The molecule has 0 aromatic carbocycles. The molecule has 1 aliphatic carbocycles. The number of carbonyl (C=O) groups excluding carboxylic acids is 1. The quantitative estimate of drug-likeness (QED) is 0.863. The fourth-order valence-electron chi connectivity index (χ4n) is 3.21. The van der Waals surface area contributed by atoms with E-state index in [4.69, 9.17) is 4.52 Å². The minimum Gasteiger partial charge on any atom is -0.342 e. The Hall–Kier alpha value is -2.24. The number of aromatic nitrogens is 3. The van der Waals surface area contributed by atoms with Crippen LogP contribution in [0, 0.1) is 0 Å². The number of amides is 1. The minimum atomic E-state index is -0.394. The van der Waals surface area contributed by atoms with Crippen molar-refractivity contribution in [1.29, 1.82) is 0 Å². The lowest BCUT2D eigenvalue weighted by Gasteiger charge is -2.28. The van der Waals surface area contributed by atoms with E-state index in [1.807, 2.05) is 24.0 Å². The normalized spacial score (nSPS) is 19.3. The fourth-order valence-corrected chi connectivity index (χ4v) is 3.21. The molecule has 24 heavy (non-hydrogen) atoms. The van der Waals surface area contributed by atoms with Gasteiger partial charge in [0.05, 0.1) is 0 Å². The molecule has 3 heterocycles. The van der Waals surface area contributed by atoms with E-state index >= 15 is 0 Å². The number of carbonyl (C=O) groups is 1. The van der Waals surface area contributed by atoms with Gasteiger partial charge in [-0.3, -0.25) is 9.78 Å². The molecule has 2 aliphatic rings. The lowest BCUT2D eigenvalue weighted by molar-refractivity contribution is -0.133. The first kappa shape index (κ1) is 15.3. The van der Waals surface area contributed by atoms with Crippen molar-refractivity contribution < 1.29 is 9.32 Å². The van der Waals surface area contributed by atoms with Gasteiger partial charge in [-0.25, -0.2) is 0 Å². The molecule has 0 unspecified atom stereocenters. The van der Waals surface area contributed by atoms with Crippen molar-refractivity contribution in [2.45, 2.75) is 50.9 Å². The van der Waals surface area contributed by atoms with Crippen molar-refractivity contribution >= 4 is 5.91 Å². The fraction of sp³-hybridized carbons (Fsp3) is 0.556. The van der Waals surface area contributed by atoms with Crippen LogP contribution >= 0.6 is 0 Å². The maximum Gasteiger partial charge on any atom is 0.239 e. The summed E-state index contributed by atoms with van der Waals surface area (Å²) in [7, 11) is 0. The van der Waals surface area contributed by atoms with Crippen molar-refractivity contribution in [3.05, 3.63) is 29.9 Å². The largest absolute Gasteiger partial charge is 0.342 e. The van der Waals surface area contributed by atoms with Gasteiger partial charge in [0.15, 0.2) is 0 Å². The molecule has 1 atom stereocenters. The van der Waals surface area contributed by atoms with Crippen LogP contribution in [0.4, 0.5) is 0 Å².